The molecule has 0 spiro atoms. The number of nitrogens with one attached hydrogen (secondary N) is 2. The van der Waals surface area contributed by atoms with Crippen LogP contribution < -0.4 is 16.4 Å². The van der Waals surface area contributed by atoms with E-state index in [0.29, 0.717) is 36.1 Å². The van der Waals surface area contributed by atoms with E-state index in [2.05, 4.69) is 15.6 Å². The molecule has 0 unspecified atom stereocenters. The highest BCUT2D eigenvalue weighted by molar-refractivity contribution is 7.18. The molecule has 1 aromatic heterocycles. The fourth-order valence-electron chi connectivity index (χ4n) is 1.35. The molecule has 19 heavy (non-hydrogen) atoms. The summed E-state index contributed by atoms with van der Waals surface area (Å²) in [6.07, 6.45) is 1.40. The maximum Gasteiger partial charge on any atom is 0.265 e. The normalized spacial score (nSPS) is 10.4. The number of carbonyl (C=O) groups is 1. The molecule has 0 saturated heterocycles. The molecule has 0 aliphatic heterocycles. The maximum atomic E-state index is 11.8. The standard InChI is InChI=1S/C11H20N4O3S/c1-18-7-5-14-11-15-9(12)8(19-11)10(17)13-4-2-3-6-16/h16H,2-7,12H2,1H3,(H,13,17)(H,14,15). The molecule has 1 rings (SSSR count). The van der Waals surface area contributed by atoms with Gasteiger partial charge in [-0.3, -0.25) is 4.79 Å². The third-order valence-electron chi connectivity index (χ3n) is 2.31. The highest BCUT2D eigenvalue weighted by atomic mass is 32.1. The molecule has 0 aliphatic carbocycles. The lowest BCUT2D eigenvalue weighted by atomic mass is 10.3. The Morgan fingerprint density at radius 3 is 2.95 bits per heavy atom. The van der Waals surface area contributed by atoms with Crippen LogP contribution in [0.15, 0.2) is 0 Å². The van der Waals surface area contributed by atoms with E-state index in [0.717, 1.165) is 6.42 Å². The number of nitrogen functional groups attached to an aromatic ring is 1. The Hall–Kier alpha value is -1.38. The fourth-order valence-corrected chi connectivity index (χ4v) is 2.18. The van der Waals surface area contributed by atoms with Gasteiger partial charge in [0.05, 0.1) is 6.61 Å². The molecular weight excluding hydrogens is 268 g/mol. The predicted molar refractivity (Wildman–Crippen MR) is 75.5 cm³/mol. The van der Waals surface area contributed by atoms with Crippen molar-refractivity contribution in [2.45, 2.75) is 12.8 Å². The van der Waals surface area contributed by atoms with Gasteiger partial charge in [-0.05, 0) is 12.8 Å². The first kappa shape index (κ1) is 15.7. The van der Waals surface area contributed by atoms with Gasteiger partial charge in [0.25, 0.3) is 5.91 Å². The van der Waals surface area contributed by atoms with E-state index in [9.17, 15) is 4.79 Å². The Morgan fingerprint density at radius 2 is 2.26 bits per heavy atom. The van der Waals surface area contributed by atoms with Crippen LogP contribution in [0.2, 0.25) is 0 Å². The monoisotopic (exact) mass is 288 g/mol. The number of aliphatic hydroxyl groups excluding tert-OH is 1. The number of aromatic nitrogens is 1. The first-order valence-electron chi connectivity index (χ1n) is 6.07. The molecular formula is C11H20N4O3S. The first-order valence-corrected chi connectivity index (χ1v) is 6.89. The van der Waals surface area contributed by atoms with Gasteiger partial charge in [0.15, 0.2) is 5.13 Å². The number of carbonyl (C=O) groups excluding carboxylic acids is 1. The number of anilines is 2. The van der Waals surface area contributed by atoms with E-state index in [4.69, 9.17) is 15.6 Å². The number of rotatable bonds is 9. The molecule has 0 radical (unpaired) electrons. The van der Waals surface area contributed by atoms with Crippen molar-refractivity contribution < 1.29 is 14.6 Å². The summed E-state index contributed by atoms with van der Waals surface area (Å²) in [5.41, 5.74) is 5.70. The number of unbranched alkanes of at least 4 members (excludes halogenated alkanes) is 1. The Bertz CT molecular complexity index is 397. The van der Waals surface area contributed by atoms with Crippen LogP contribution >= 0.6 is 11.3 Å². The number of ether oxygens (including phenoxy) is 1. The van der Waals surface area contributed by atoms with Gasteiger partial charge in [-0.25, -0.2) is 4.98 Å². The molecule has 108 valence electrons. The molecule has 5 N–H and O–H groups in total. The maximum absolute atomic E-state index is 11.8. The number of nitrogens with zero attached hydrogens (tertiary/aromatic N) is 1. The summed E-state index contributed by atoms with van der Waals surface area (Å²) in [6, 6.07) is 0. The lowest BCUT2D eigenvalue weighted by Crippen LogP contribution is -2.24. The van der Waals surface area contributed by atoms with Crippen molar-refractivity contribution in [1.82, 2.24) is 10.3 Å². The van der Waals surface area contributed by atoms with Crippen molar-refractivity contribution in [3.05, 3.63) is 4.88 Å². The number of hydrogen-bond donors (Lipinski definition) is 4. The number of hydrogen-bond acceptors (Lipinski definition) is 7. The van der Waals surface area contributed by atoms with Gasteiger partial charge in [-0.1, -0.05) is 11.3 Å². The number of nitrogens with two attached hydrogens (primary N) is 1. The molecule has 1 amide bonds. The van der Waals surface area contributed by atoms with Gasteiger partial charge in [0, 0.05) is 26.8 Å². The summed E-state index contributed by atoms with van der Waals surface area (Å²) < 4.78 is 4.91. The zero-order chi connectivity index (χ0) is 14.1. The molecule has 8 heteroatoms. The topological polar surface area (TPSA) is 110 Å². The minimum Gasteiger partial charge on any atom is -0.396 e. The van der Waals surface area contributed by atoms with Gasteiger partial charge in [0.2, 0.25) is 0 Å². The number of aliphatic hydroxyl groups is 1. The predicted octanol–water partition coefficient (Wildman–Crippen LogP) is 0.286. The zero-order valence-electron chi connectivity index (χ0n) is 10.9. The average molecular weight is 288 g/mol. The highest BCUT2D eigenvalue weighted by Gasteiger charge is 2.15. The molecule has 0 aliphatic rings. The third-order valence-corrected chi connectivity index (χ3v) is 3.34. The summed E-state index contributed by atoms with van der Waals surface area (Å²) >= 11 is 1.22. The second-order valence-electron chi connectivity index (χ2n) is 3.84. The quantitative estimate of drug-likeness (QED) is 0.486. The molecule has 7 nitrogen and oxygen atoms in total. The number of methoxy groups -OCH3 is 1. The SMILES string of the molecule is COCCNc1nc(N)c(C(=O)NCCCCO)s1. The van der Waals surface area contributed by atoms with Crippen molar-refractivity contribution in [2.24, 2.45) is 0 Å². The minimum atomic E-state index is -0.229. The summed E-state index contributed by atoms with van der Waals surface area (Å²) in [7, 11) is 1.61. The van der Waals surface area contributed by atoms with Crippen LogP contribution in [0.4, 0.5) is 10.9 Å². The number of amides is 1. The van der Waals surface area contributed by atoms with Gasteiger partial charge in [-0.2, -0.15) is 0 Å². The second-order valence-corrected chi connectivity index (χ2v) is 4.84. The summed E-state index contributed by atoms with van der Waals surface area (Å²) in [5, 5.41) is 15.0. The van der Waals surface area contributed by atoms with Crippen LogP contribution in [0.25, 0.3) is 0 Å². The molecule has 0 atom stereocenters. The van der Waals surface area contributed by atoms with Crippen LogP contribution in [0.1, 0.15) is 22.5 Å². The van der Waals surface area contributed by atoms with Crippen molar-refractivity contribution in [3.8, 4) is 0 Å². The minimum absolute atomic E-state index is 0.131. The Balaban J connectivity index is 2.45. The lowest BCUT2D eigenvalue weighted by molar-refractivity contribution is 0.0957. The molecule has 1 aromatic rings. The van der Waals surface area contributed by atoms with Gasteiger partial charge >= 0.3 is 0 Å². The third kappa shape index (κ3) is 5.41. The largest absolute Gasteiger partial charge is 0.396 e. The van der Waals surface area contributed by atoms with E-state index in [1.807, 2.05) is 0 Å². The number of thiazole rings is 1. The Kier molecular flexibility index (Phi) is 7.16. The Labute approximate surface area is 116 Å². The molecule has 0 saturated carbocycles. The summed E-state index contributed by atoms with van der Waals surface area (Å²) in [4.78, 5) is 16.3. The lowest BCUT2D eigenvalue weighted by Gasteiger charge is -2.02. The summed E-state index contributed by atoms with van der Waals surface area (Å²) in [5.74, 6) is -0.00249. The van der Waals surface area contributed by atoms with Gasteiger partial charge in [0.1, 0.15) is 10.7 Å². The summed E-state index contributed by atoms with van der Waals surface area (Å²) in [6.45, 7) is 1.82. The Morgan fingerprint density at radius 1 is 1.47 bits per heavy atom. The van der Waals surface area contributed by atoms with Crippen molar-refractivity contribution in [3.63, 3.8) is 0 Å². The molecule has 0 aromatic carbocycles. The van der Waals surface area contributed by atoms with E-state index in [-0.39, 0.29) is 18.3 Å². The van der Waals surface area contributed by atoms with E-state index < -0.39 is 0 Å². The first-order chi connectivity index (χ1) is 9.19. The zero-order valence-corrected chi connectivity index (χ0v) is 11.8. The van der Waals surface area contributed by atoms with Crippen molar-refractivity contribution in [1.29, 1.82) is 0 Å². The molecule has 0 bridgehead atoms. The van der Waals surface area contributed by atoms with Gasteiger partial charge < -0.3 is 26.2 Å². The smallest absolute Gasteiger partial charge is 0.265 e. The van der Waals surface area contributed by atoms with Crippen LogP contribution in [-0.4, -0.2) is 49.4 Å². The van der Waals surface area contributed by atoms with Crippen LogP contribution in [0.3, 0.4) is 0 Å². The van der Waals surface area contributed by atoms with Gasteiger partial charge in [-0.15, -0.1) is 0 Å². The van der Waals surface area contributed by atoms with Crippen LogP contribution in [0, 0.1) is 0 Å². The van der Waals surface area contributed by atoms with Crippen LogP contribution in [-0.2, 0) is 4.74 Å². The van der Waals surface area contributed by atoms with Crippen LogP contribution in [0.5, 0.6) is 0 Å². The van der Waals surface area contributed by atoms with E-state index >= 15 is 0 Å². The van der Waals surface area contributed by atoms with E-state index in [1.165, 1.54) is 11.3 Å². The fraction of sp³-hybridized carbons (Fsp3) is 0.636. The van der Waals surface area contributed by atoms with E-state index in [1.54, 1.807) is 7.11 Å². The molecule has 0 fully saturated rings. The highest BCUT2D eigenvalue weighted by Crippen LogP contribution is 2.24. The molecule has 1 heterocycles. The second kappa shape index (κ2) is 8.68. The van der Waals surface area contributed by atoms with Crippen molar-refractivity contribution >= 4 is 28.2 Å². The van der Waals surface area contributed by atoms with Crippen molar-refractivity contribution in [2.75, 3.05) is 44.5 Å². The average Bonchev–Trinajstić information content (AvgIpc) is 2.76.